The summed E-state index contributed by atoms with van der Waals surface area (Å²) in [5, 5.41) is 0. The molecule has 0 radical (unpaired) electrons. The van der Waals surface area contributed by atoms with Gasteiger partial charge in [-0.3, -0.25) is 4.90 Å². The predicted octanol–water partition coefficient (Wildman–Crippen LogP) is 3.28. The predicted molar refractivity (Wildman–Crippen MR) is 92.9 cm³/mol. The van der Waals surface area contributed by atoms with Gasteiger partial charge in [-0.1, -0.05) is 30.3 Å². The molecule has 0 saturated carbocycles. The van der Waals surface area contributed by atoms with Crippen LogP contribution >= 0.6 is 8.38 Å². The summed E-state index contributed by atoms with van der Waals surface area (Å²) in [4.78, 5) is 25.5. The topological polar surface area (TPSA) is 74.3 Å². The molecule has 1 fully saturated rings. The van der Waals surface area contributed by atoms with Crippen molar-refractivity contribution in [1.82, 2.24) is 4.90 Å². The molecule has 1 aromatic rings. The van der Waals surface area contributed by atoms with Crippen LogP contribution in [0, 0.1) is 0 Å². The molecule has 25 heavy (non-hydrogen) atoms. The Balaban J connectivity index is 1.87. The molecule has 1 saturated heterocycles. The Morgan fingerprint density at radius 3 is 2.56 bits per heavy atom. The molecule has 0 aromatic heterocycles. The Labute approximate surface area is 149 Å². The average Bonchev–Trinajstić information content (AvgIpc) is 2.99. The number of esters is 1. The van der Waals surface area contributed by atoms with Crippen LogP contribution in [0.3, 0.4) is 0 Å². The fourth-order valence-electron chi connectivity index (χ4n) is 2.38. The van der Waals surface area contributed by atoms with Crippen LogP contribution < -0.4 is 0 Å². The second-order valence-electron chi connectivity index (χ2n) is 5.30. The van der Waals surface area contributed by atoms with E-state index in [0.29, 0.717) is 25.8 Å². The zero-order chi connectivity index (χ0) is 18.1. The Morgan fingerprint density at radius 1 is 1.24 bits per heavy atom. The summed E-state index contributed by atoms with van der Waals surface area (Å²) < 4.78 is 21.4. The molecule has 1 amide bonds. The van der Waals surface area contributed by atoms with Crippen molar-refractivity contribution in [2.75, 3.05) is 26.1 Å². The van der Waals surface area contributed by atoms with E-state index in [0.717, 1.165) is 5.56 Å². The highest BCUT2D eigenvalue weighted by molar-refractivity contribution is 7.47. The van der Waals surface area contributed by atoms with Crippen LogP contribution in [-0.2, 0) is 29.9 Å². The molecule has 0 N–H and O–H groups in total. The normalized spacial score (nSPS) is 17.0. The lowest BCUT2D eigenvalue weighted by Gasteiger charge is -2.21. The van der Waals surface area contributed by atoms with Crippen LogP contribution in [-0.4, -0.2) is 49.1 Å². The van der Waals surface area contributed by atoms with Gasteiger partial charge in [-0.2, -0.15) is 0 Å². The molecule has 8 heteroatoms. The zero-order valence-electron chi connectivity index (χ0n) is 14.6. The van der Waals surface area contributed by atoms with Crippen molar-refractivity contribution in [3.8, 4) is 0 Å². The van der Waals surface area contributed by atoms with E-state index in [1.54, 1.807) is 0 Å². The number of benzene rings is 1. The van der Waals surface area contributed by atoms with Crippen molar-refractivity contribution in [2.45, 2.75) is 32.9 Å². The Hall–Kier alpha value is -1.69. The first kappa shape index (κ1) is 19.6. The van der Waals surface area contributed by atoms with Crippen molar-refractivity contribution < 1.29 is 28.1 Å². The Bertz CT molecular complexity index is 549. The number of hydrogen-bond acceptors (Lipinski definition) is 6. The molecule has 1 heterocycles. The van der Waals surface area contributed by atoms with Crippen molar-refractivity contribution in [1.29, 1.82) is 0 Å². The maximum Gasteiger partial charge on any atom is 0.413 e. The van der Waals surface area contributed by atoms with E-state index in [9.17, 15) is 9.59 Å². The zero-order valence-corrected chi connectivity index (χ0v) is 15.4. The maximum absolute atomic E-state index is 12.3. The first-order valence-electron chi connectivity index (χ1n) is 8.33. The fraction of sp³-hybridized carbons (Fsp3) is 0.529. The van der Waals surface area contributed by atoms with Gasteiger partial charge in [0.05, 0.1) is 13.2 Å². The Morgan fingerprint density at radius 2 is 1.92 bits per heavy atom. The van der Waals surface area contributed by atoms with Gasteiger partial charge >= 0.3 is 12.1 Å². The summed E-state index contributed by atoms with van der Waals surface area (Å²) in [6.07, 6.45) is 0.418. The molecule has 1 aliphatic rings. The van der Waals surface area contributed by atoms with Crippen LogP contribution in [0.1, 0.15) is 25.8 Å². The van der Waals surface area contributed by atoms with E-state index in [1.807, 2.05) is 44.2 Å². The lowest BCUT2D eigenvalue weighted by atomic mass is 10.2. The summed E-state index contributed by atoms with van der Waals surface area (Å²) in [6, 6.07) is 8.72. The van der Waals surface area contributed by atoms with Crippen LogP contribution in [0.15, 0.2) is 30.3 Å². The molecule has 1 aliphatic heterocycles. The van der Waals surface area contributed by atoms with Gasteiger partial charge in [0.2, 0.25) is 0 Å². The number of amides is 1. The van der Waals surface area contributed by atoms with E-state index >= 15 is 0 Å². The fourth-order valence-corrected chi connectivity index (χ4v) is 3.75. The van der Waals surface area contributed by atoms with Gasteiger partial charge in [-0.15, -0.1) is 0 Å². The van der Waals surface area contributed by atoms with Gasteiger partial charge in [0, 0.05) is 6.16 Å². The van der Waals surface area contributed by atoms with E-state index < -0.39 is 26.5 Å². The summed E-state index contributed by atoms with van der Waals surface area (Å²) in [5.74, 6) is -0.417. The van der Waals surface area contributed by atoms with Crippen molar-refractivity contribution in [3.63, 3.8) is 0 Å². The largest absolute Gasteiger partial charge is 0.444 e. The quantitative estimate of drug-likeness (QED) is 0.491. The third-order valence-electron chi connectivity index (χ3n) is 3.57. The molecule has 0 aliphatic carbocycles. The molecule has 7 nitrogen and oxygen atoms in total. The van der Waals surface area contributed by atoms with Crippen LogP contribution in [0.25, 0.3) is 0 Å². The van der Waals surface area contributed by atoms with Crippen molar-refractivity contribution >= 4 is 20.4 Å². The second kappa shape index (κ2) is 10.3. The highest BCUT2D eigenvalue weighted by atomic mass is 31.2. The Kier molecular flexibility index (Phi) is 8.12. The first-order chi connectivity index (χ1) is 12.2. The minimum Gasteiger partial charge on any atom is -0.444 e. The number of cyclic esters (lactones) is 1. The SMILES string of the molecule is CCOP(CC[C@H]1C(=O)OCN1C(=O)OCc1ccccc1)OCC. The monoisotopic (exact) mass is 369 g/mol. The lowest BCUT2D eigenvalue weighted by molar-refractivity contribution is -0.139. The minimum absolute atomic E-state index is 0.0850. The molecule has 0 unspecified atom stereocenters. The van der Waals surface area contributed by atoms with Crippen LogP contribution in [0.5, 0.6) is 0 Å². The number of rotatable bonds is 9. The first-order valence-corrected chi connectivity index (χ1v) is 9.69. The smallest absolute Gasteiger partial charge is 0.413 e. The summed E-state index contributed by atoms with van der Waals surface area (Å²) in [7, 11) is -1.06. The highest BCUT2D eigenvalue weighted by Crippen LogP contribution is 2.39. The van der Waals surface area contributed by atoms with E-state index in [4.69, 9.17) is 18.5 Å². The summed E-state index contributed by atoms with van der Waals surface area (Å²) in [6.45, 7) is 4.95. The molecule has 1 aromatic carbocycles. The molecule has 138 valence electrons. The molecule has 0 bridgehead atoms. The second-order valence-corrected chi connectivity index (χ2v) is 6.93. The van der Waals surface area contributed by atoms with E-state index in [-0.39, 0.29) is 13.3 Å². The van der Waals surface area contributed by atoms with Gasteiger partial charge < -0.3 is 18.5 Å². The average molecular weight is 369 g/mol. The number of hydrogen-bond donors (Lipinski definition) is 0. The third-order valence-corrected chi connectivity index (χ3v) is 5.28. The number of carbonyl (C=O) groups excluding carboxylic acids is 2. The highest BCUT2D eigenvalue weighted by Gasteiger charge is 2.39. The van der Waals surface area contributed by atoms with Crippen molar-refractivity contribution in [2.24, 2.45) is 0 Å². The molecule has 0 spiro atoms. The van der Waals surface area contributed by atoms with Gasteiger partial charge in [0.1, 0.15) is 12.6 Å². The molecular weight excluding hydrogens is 345 g/mol. The maximum atomic E-state index is 12.3. The van der Waals surface area contributed by atoms with Crippen LogP contribution in [0.4, 0.5) is 4.79 Å². The molecular formula is C17H24NO6P. The lowest BCUT2D eigenvalue weighted by Crippen LogP contribution is -2.39. The minimum atomic E-state index is -1.06. The number of ether oxygens (including phenoxy) is 2. The number of carbonyl (C=O) groups is 2. The van der Waals surface area contributed by atoms with Gasteiger partial charge in [-0.25, -0.2) is 9.59 Å². The standard InChI is InChI=1S/C17H24NO6P/c1-3-23-25(24-4-2)11-10-15-16(19)22-13-18(15)17(20)21-12-14-8-6-5-7-9-14/h5-9,15H,3-4,10-13H2,1-2H3/t15-/m0/s1. The van der Waals surface area contributed by atoms with Crippen molar-refractivity contribution in [3.05, 3.63) is 35.9 Å². The molecule has 1 atom stereocenters. The van der Waals surface area contributed by atoms with E-state index in [1.165, 1.54) is 4.90 Å². The third kappa shape index (κ3) is 5.96. The van der Waals surface area contributed by atoms with Gasteiger partial charge in [0.15, 0.2) is 15.1 Å². The van der Waals surface area contributed by atoms with Crippen LogP contribution in [0.2, 0.25) is 0 Å². The van der Waals surface area contributed by atoms with Gasteiger partial charge in [0.25, 0.3) is 0 Å². The van der Waals surface area contributed by atoms with Gasteiger partial charge in [-0.05, 0) is 25.8 Å². The number of nitrogens with zero attached hydrogens (tertiary/aromatic N) is 1. The molecule has 2 rings (SSSR count). The summed E-state index contributed by atoms with van der Waals surface area (Å²) in [5.41, 5.74) is 0.884. The summed E-state index contributed by atoms with van der Waals surface area (Å²) >= 11 is 0. The van der Waals surface area contributed by atoms with E-state index in [2.05, 4.69) is 0 Å².